The number of hydrogen-bond donors (Lipinski definition) is 0. The number of esters is 1. The van der Waals surface area contributed by atoms with Crippen LogP contribution in [0.5, 0.6) is 0 Å². The van der Waals surface area contributed by atoms with Crippen molar-refractivity contribution in [2.45, 2.75) is 37.6 Å². The molecular formula is C31H35N5O4S. The smallest absolute Gasteiger partial charge is 0.305 e. The van der Waals surface area contributed by atoms with Gasteiger partial charge < -0.3 is 14.2 Å². The lowest BCUT2D eigenvalue weighted by molar-refractivity contribution is -0.143. The number of aromatic nitrogens is 2. The van der Waals surface area contributed by atoms with E-state index < -0.39 is 10.0 Å². The van der Waals surface area contributed by atoms with E-state index in [0.29, 0.717) is 49.3 Å². The third kappa shape index (κ3) is 7.31. The Balaban J connectivity index is 1.73. The van der Waals surface area contributed by atoms with Gasteiger partial charge in [-0.3, -0.25) is 9.10 Å². The summed E-state index contributed by atoms with van der Waals surface area (Å²) >= 11 is 0. The number of carbonyl (C=O) groups is 1. The molecule has 0 atom stereocenters. The second kappa shape index (κ2) is 13.4. The molecule has 4 rings (SSSR count). The number of nitriles is 1. The third-order valence-corrected chi connectivity index (χ3v) is 8.54. The highest BCUT2D eigenvalue weighted by Gasteiger charge is 2.26. The van der Waals surface area contributed by atoms with Gasteiger partial charge >= 0.3 is 5.97 Å². The van der Waals surface area contributed by atoms with Crippen LogP contribution in [0.1, 0.15) is 36.7 Å². The lowest BCUT2D eigenvalue weighted by Gasteiger charge is -2.26. The monoisotopic (exact) mass is 573 g/mol. The maximum absolute atomic E-state index is 13.7. The fourth-order valence-electron chi connectivity index (χ4n) is 4.60. The molecule has 0 spiro atoms. The van der Waals surface area contributed by atoms with Crippen LogP contribution in [-0.4, -0.2) is 62.6 Å². The molecule has 0 saturated carbocycles. The number of anilines is 1. The Hall–Kier alpha value is -4.20. The largest absolute Gasteiger partial charge is 0.466 e. The van der Waals surface area contributed by atoms with E-state index in [-0.39, 0.29) is 23.8 Å². The molecule has 0 amide bonds. The minimum atomic E-state index is -3.81. The molecule has 1 aromatic heterocycles. The van der Waals surface area contributed by atoms with E-state index in [1.54, 1.807) is 49.4 Å². The van der Waals surface area contributed by atoms with Crippen LogP contribution in [0.15, 0.2) is 77.7 Å². The van der Waals surface area contributed by atoms with Gasteiger partial charge in [-0.05, 0) is 75.5 Å². The Morgan fingerprint density at radius 3 is 2.41 bits per heavy atom. The van der Waals surface area contributed by atoms with Crippen LogP contribution in [0.4, 0.5) is 5.69 Å². The number of sulfonamides is 1. The molecule has 0 fully saturated rings. The Labute approximate surface area is 241 Å². The zero-order chi connectivity index (χ0) is 29.4. The summed E-state index contributed by atoms with van der Waals surface area (Å²) in [6, 6.07) is 23.4. The molecule has 10 heteroatoms. The normalized spacial score (nSPS) is 11.5. The van der Waals surface area contributed by atoms with Crippen LogP contribution in [0, 0.1) is 11.3 Å². The zero-order valence-electron chi connectivity index (χ0n) is 23.7. The number of fused-ring (bicyclic) bond motifs is 1. The molecular weight excluding hydrogens is 538 g/mol. The summed E-state index contributed by atoms with van der Waals surface area (Å²) in [6.07, 6.45) is 1.38. The van der Waals surface area contributed by atoms with Crippen molar-refractivity contribution in [2.24, 2.45) is 0 Å². The fourth-order valence-corrected chi connectivity index (χ4v) is 6.07. The van der Waals surface area contributed by atoms with Crippen LogP contribution < -0.4 is 4.31 Å². The topological polar surface area (TPSA) is 109 Å². The van der Waals surface area contributed by atoms with Crippen LogP contribution in [0.3, 0.4) is 0 Å². The maximum atomic E-state index is 13.7. The van der Waals surface area contributed by atoms with Gasteiger partial charge in [0.15, 0.2) is 0 Å². The molecule has 214 valence electrons. The summed E-state index contributed by atoms with van der Waals surface area (Å²) in [6.45, 7) is 3.49. The van der Waals surface area contributed by atoms with Crippen LogP contribution >= 0.6 is 0 Å². The molecule has 41 heavy (non-hydrogen) atoms. The van der Waals surface area contributed by atoms with E-state index in [0.717, 1.165) is 16.9 Å². The standard InChI is InChI=1S/C31H35N5O4S/c1-4-40-31(37)11-8-18-35-29-17-16-26(22-28(29)33-30(35)21-24-12-14-25(23-32)15-13-24)36(20-19-34(2)3)41(38,39)27-9-6-5-7-10-27/h5-7,9-10,12-17,22H,4,8,11,18-21H2,1-3H3. The van der Waals surface area contributed by atoms with Crippen molar-refractivity contribution >= 4 is 32.7 Å². The SMILES string of the molecule is CCOC(=O)CCCn1c(Cc2ccc(C#N)cc2)nc2cc(N(CCN(C)C)S(=O)(=O)c3ccccc3)ccc21. The highest BCUT2D eigenvalue weighted by atomic mass is 32.2. The first-order valence-corrected chi connectivity index (χ1v) is 15.0. The Morgan fingerprint density at radius 2 is 1.76 bits per heavy atom. The molecule has 0 saturated heterocycles. The summed E-state index contributed by atoms with van der Waals surface area (Å²) in [7, 11) is 0.00152. The van der Waals surface area contributed by atoms with E-state index >= 15 is 0 Å². The van der Waals surface area contributed by atoms with Crippen molar-refractivity contribution in [2.75, 3.05) is 38.1 Å². The number of carbonyl (C=O) groups excluding carboxylic acids is 1. The molecule has 9 nitrogen and oxygen atoms in total. The van der Waals surface area contributed by atoms with Crippen molar-refractivity contribution in [1.29, 1.82) is 5.26 Å². The minimum absolute atomic E-state index is 0.227. The first-order valence-electron chi connectivity index (χ1n) is 13.6. The highest BCUT2D eigenvalue weighted by molar-refractivity contribution is 7.92. The summed E-state index contributed by atoms with van der Waals surface area (Å²) < 4.78 is 36.0. The molecule has 0 N–H and O–H groups in total. The summed E-state index contributed by atoms with van der Waals surface area (Å²) in [5.41, 5.74) is 3.62. The molecule has 0 bridgehead atoms. The van der Waals surface area contributed by atoms with Gasteiger partial charge in [0, 0.05) is 32.5 Å². The Bertz CT molecular complexity index is 1630. The third-order valence-electron chi connectivity index (χ3n) is 6.69. The van der Waals surface area contributed by atoms with Gasteiger partial charge in [-0.25, -0.2) is 13.4 Å². The van der Waals surface area contributed by atoms with Gasteiger partial charge in [0.2, 0.25) is 0 Å². The average Bonchev–Trinajstić information content (AvgIpc) is 3.30. The van der Waals surface area contributed by atoms with Gasteiger partial charge in [0.05, 0.1) is 39.9 Å². The number of hydrogen-bond acceptors (Lipinski definition) is 7. The number of nitrogens with zero attached hydrogens (tertiary/aromatic N) is 5. The second-order valence-corrected chi connectivity index (χ2v) is 11.8. The number of rotatable bonds is 13. The average molecular weight is 574 g/mol. The predicted molar refractivity (Wildman–Crippen MR) is 159 cm³/mol. The van der Waals surface area contributed by atoms with E-state index in [4.69, 9.17) is 15.0 Å². The number of imidazole rings is 1. The van der Waals surface area contributed by atoms with Gasteiger partial charge in [-0.15, -0.1) is 0 Å². The summed E-state index contributed by atoms with van der Waals surface area (Å²) in [5, 5.41) is 9.15. The number of ether oxygens (including phenoxy) is 1. The van der Waals surface area contributed by atoms with Crippen LogP contribution in [0.25, 0.3) is 11.0 Å². The van der Waals surface area contributed by atoms with Gasteiger partial charge in [-0.1, -0.05) is 30.3 Å². The summed E-state index contributed by atoms with van der Waals surface area (Å²) in [5.74, 6) is 0.548. The van der Waals surface area contributed by atoms with Crippen LogP contribution in [-0.2, 0) is 32.5 Å². The highest BCUT2D eigenvalue weighted by Crippen LogP contribution is 2.29. The van der Waals surface area contributed by atoms with Crippen molar-refractivity contribution in [1.82, 2.24) is 14.5 Å². The molecule has 0 aliphatic rings. The summed E-state index contributed by atoms with van der Waals surface area (Å²) in [4.78, 5) is 19.1. The molecule has 0 unspecified atom stereocenters. The molecule has 0 aliphatic heterocycles. The molecule has 4 aromatic rings. The van der Waals surface area contributed by atoms with Crippen molar-refractivity contribution < 1.29 is 17.9 Å². The second-order valence-electron chi connectivity index (χ2n) is 9.94. The van der Waals surface area contributed by atoms with Gasteiger partial charge in [0.1, 0.15) is 5.82 Å². The lowest BCUT2D eigenvalue weighted by Crippen LogP contribution is -2.36. The quantitative estimate of drug-likeness (QED) is 0.215. The number of likely N-dealkylation sites (N-methyl/N-ethyl adjacent to an activating group) is 1. The maximum Gasteiger partial charge on any atom is 0.305 e. The minimum Gasteiger partial charge on any atom is -0.466 e. The molecule has 1 heterocycles. The van der Waals surface area contributed by atoms with E-state index in [9.17, 15) is 13.2 Å². The molecule has 3 aromatic carbocycles. The van der Waals surface area contributed by atoms with Crippen molar-refractivity contribution in [3.63, 3.8) is 0 Å². The predicted octanol–water partition coefficient (Wildman–Crippen LogP) is 4.60. The molecule has 0 radical (unpaired) electrons. The number of benzene rings is 3. The van der Waals surface area contributed by atoms with Crippen molar-refractivity contribution in [3.8, 4) is 6.07 Å². The van der Waals surface area contributed by atoms with Gasteiger partial charge in [0.25, 0.3) is 10.0 Å². The van der Waals surface area contributed by atoms with Crippen molar-refractivity contribution in [3.05, 3.63) is 89.7 Å². The van der Waals surface area contributed by atoms with Crippen LogP contribution in [0.2, 0.25) is 0 Å². The molecule has 0 aliphatic carbocycles. The Morgan fingerprint density at radius 1 is 1.02 bits per heavy atom. The Kier molecular flexibility index (Phi) is 9.76. The lowest BCUT2D eigenvalue weighted by atomic mass is 10.1. The zero-order valence-corrected chi connectivity index (χ0v) is 24.5. The van der Waals surface area contributed by atoms with E-state index in [2.05, 4.69) is 10.6 Å². The van der Waals surface area contributed by atoms with Gasteiger partial charge in [-0.2, -0.15) is 5.26 Å². The first-order chi connectivity index (χ1) is 19.7. The van der Waals surface area contributed by atoms with E-state index in [1.807, 2.05) is 49.3 Å². The number of aryl methyl sites for hydroxylation is 1. The fraction of sp³-hybridized carbons (Fsp3) is 0.323. The first kappa shape index (κ1) is 29.8. The van der Waals surface area contributed by atoms with E-state index in [1.165, 1.54) is 4.31 Å².